The fourth-order valence-corrected chi connectivity index (χ4v) is 6.93. The van der Waals surface area contributed by atoms with E-state index in [9.17, 15) is 24.3 Å². The van der Waals surface area contributed by atoms with Crippen molar-refractivity contribution in [3.8, 4) is 0 Å². The maximum absolute atomic E-state index is 12.8. The Balaban J connectivity index is 2.29. The second-order valence-corrected chi connectivity index (χ2v) is 12.2. The first-order valence-corrected chi connectivity index (χ1v) is 14.1. The Morgan fingerprint density at radius 3 is 2.24 bits per heavy atom. The van der Waals surface area contributed by atoms with Gasteiger partial charge < -0.3 is 24.1 Å². The first-order valence-electron chi connectivity index (χ1n) is 14.1. The molecule has 9 atom stereocenters. The van der Waals surface area contributed by atoms with Crippen LogP contribution in [0.4, 0.5) is 0 Å². The second-order valence-electron chi connectivity index (χ2n) is 12.2. The lowest BCUT2D eigenvalue weighted by Gasteiger charge is -2.62. The highest BCUT2D eigenvalue weighted by atomic mass is 16.8. The highest BCUT2D eigenvalue weighted by Gasteiger charge is 2.74. The van der Waals surface area contributed by atoms with Gasteiger partial charge in [0.05, 0.1) is 5.41 Å². The molecule has 3 rings (SSSR count). The summed E-state index contributed by atoms with van der Waals surface area (Å²) in [5.74, 6) is -3.17. The van der Waals surface area contributed by atoms with E-state index in [0.717, 1.165) is 5.57 Å². The van der Waals surface area contributed by atoms with Gasteiger partial charge in [-0.3, -0.25) is 23.9 Å². The maximum Gasteiger partial charge on any atom is 0.306 e. The summed E-state index contributed by atoms with van der Waals surface area (Å²) in [4.78, 5) is 49.6. The molecule has 1 aliphatic heterocycles. The van der Waals surface area contributed by atoms with Crippen molar-refractivity contribution in [3.63, 3.8) is 0 Å². The number of aliphatic hydroxyl groups is 1. The Morgan fingerprint density at radius 1 is 1.10 bits per heavy atom. The van der Waals surface area contributed by atoms with E-state index in [0.29, 0.717) is 18.4 Å². The molecule has 1 heterocycles. The number of hydrogen-bond donors (Lipinski definition) is 1. The lowest BCUT2D eigenvalue weighted by Crippen LogP contribution is -2.68. The van der Waals surface area contributed by atoms with Crippen LogP contribution in [-0.4, -0.2) is 59.9 Å². The van der Waals surface area contributed by atoms with Crippen LogP contribution in [-0.2, 0) is 42.9 Å². The molecular formula is C31H44O10. The maximum atomic E-state index is 12.8. The average Bonchev–Trinajstić information content (AvgIpc) is 3.14. The van der Waals surface area contributed by atoms with Crippen molar-refractivity contribution in [1.82, 2.24) is 0 Å². The lowest BCUT2D eigenvalue weighted by molar-refractivity contribution is -0.276. The number of ether oxygens (including phenoxy) is 5. The molecule has 1 saturated carbocycles. The van der Waals surface area contributed by atoms with Gasteiger partial charge in [-0.2, -0.15) is 0 Å². The Labute approximate surface area is 242 Å². The molecule has 10 nitrogen and oxygen atoms in total. The zero-order chi connectivity index (χ0) is 30.9. The SMILES string of the molecule is C=CC(=C)CC[C@@]1(C)[C@@H](C)[C@@H](OC(C)=O)C(O)C23C(=C[C@@H](OC(=O)CC(C)C)C[C@@H]21)[C@H](OC(C)=O)O[C@@H]3OC(C)=O. The number of allylic oxidation sites excluding steroid dienone is 2. The fourth-order valence-electron chi connectivity index (χ4n) is 6.93. The predicted molar refractivity (Wildman–Crippen MR) is 148 cm³/mol. The molecule has 0 aromatic heterocycles. The first kappa shape index (κ1) is 32.5. The van der Waals surface area contributed by atoms with Crippen molar-refractivity contribution in [2.45, 2.75) is 105 Å². The van der Waals surface area contributed by atoms with Crippen molar-refractivity contribution < 1.29 is 48.0 Å². The van der Waals surface area contributed by atoms with E-state index in [2.05, 4.69) is 13.2 Å². The van der Waals surface area contributed by atoms with Crippen molar-refractivity contribution in [2.75, 3.05) is 0 Å². The summed E-state index contributed by atoms with van der Waals surface area (Å²) < 4.78 is 28.9. The summed E-state index contributed by atoms with van der Waals surface area (Å²) in [6.07, 6.45) is -1.05. The largest absolute Gasteiger partial charge is 0.459 e. The van der Waals surface area contributed by atoms with Crippen LogP contribution in [0.15, 0.2) is 36.5 Å². The Kier molecular flexibility index (Phi) is 9.91. The molecule has 41 heavy (non-hydrogen) atoms. The van der Waals surface area contributed by atoms with Crippen LogP contribution in [0.3, 0.4) is 0 Å². The number of esters is 4. The van der Waals surface area contributed by atoms with Crippen LogP contribution < -0.4 is 0 Å². The number of carbonyl (C=O) groups is 4. The molecule has 0 radical (unpaired) electrons. The zero-order valence-corrected chi connectivity index (χ0v) is 25.1. The molecule has 10 heteroatoms. The highest BCUT2D eigenvalue weighted by molar-refractivity contribution is 5.70. The molecule has 1 spiro atoms. The molecule has 1 saturated heterocycles. The molecule has 1 N–H and O–H groups in total. The van der Waals surface area contributed by atoms with Crippen LogP contribution in [0.5, 0.6) is 0 Å². The third-order valence-electron chi connectivity index (χ3n) is 8.91. The normalized spacial score (nSPS) is 35.8. The molecule has 228 valence electrons. The average molecular weight is 577 g/mol. The van der Waals surface area contributed by atoms with E-state index in [1.54, 1.807) is 12.2 Å². The lowest BCUT2D eigenvalue weighted by atomic mass is 9.44. The Hall–Kier alpha value is -2.98. The van der Waals surface area contributed by atoms with E-state index in [1.807, 2.05) is 27.7 Å². The zero-order valence-electron chi connectivity index (χ0n) is 25.1. The Bertz CT molecular complexity index is 1110. The summed E-state index contributed by atoms with van der Waals surface area (Å²) in [7, 11) is 0. The van der Waals surface area contributed by atoms with Crippen LogP contribution in [0, 0.1) is 28.6 Å². The minimum absolute atomic E-state index is 0.0750. The molecule has 0 amide bonds. The summed E-state index contributed by atoms with van der Waals surface area (Å²) in [5.41, 5.74) is -1.08. The van der Waals surface area contributed by atoms with Gasteiger partial charge in [-0.05, 0) is 42.6 Å². The molecule has 2 fully saturated rings. The minimum atomic E-state index is -1.48. The van der Waals surface area contributed by atoms with Gasteiger partial charge in [-0.25, -0.2) is 0 Å². The van der Waals surface area contributed by atoms with E-state index in [-0.39, 0.29) is 18.8 Å². The monoisotopic (exact) mass is 576 g/mol. The van der Waals surface area contributed by atoms with Gasteiger partial charge in [0.15, 0.2) is 0 Å². The number of hydrogen-bond acceptors (Lipinski definition) is 10. The van der Waals surface area contributed by atoms with Crippen LogP contribution >= 0.6 is 0 Å². The van der Waals surface area contributed by atoms with Crippen molar-refractivity contribution in [2.24, 2.45) is 28.6 Å². The molecule has 3 aliphatic rings. The number of rotatable bonds is 10. The van der Waals surface area contributed by atoms with E-state index in [1.165, 1.54) is 20.8 Å². The van der Waals surface area contributed by atoms with Crippen LogP contribution in [0.25, 0.3) is 0 Å². The topological polar surface area (TPSA) is 135 Å². The van der Waals surface area contributed by atoms with Gasteiger partial charge in [0.1, 0.15) is 18.3 Å². The summed E-state index contributed by atoms with van der Waals surface area (Å²) >= 11 is 0. The first-order chi connectivity index (χ1) is 19.1. The standard InChI is InChI=1S/C31H44O10/c1-10-17(4)11-12-30(9)18(5)26(37-19(6)32)27(36)31-23(28(38-20(7)33)41-29(31)39-21(8)34)14-22(15-24(30)31)40-25(35)13-16(2)3/h10,14,16,18,22,24,26-29,36H,1,4,11-13,15H2,2-3,5-9H3/t18-,22+,24+,26+,27?,28+,29-,30-,31?/m0/s1. The van der Waals surface area contributed by atoms with Crippen molar-refractivity contribution in [1.29, 1.82) is 0 Å². The second kappa shape index (κ2) is 12.5. The van der Waals surface area contributed by atoms with Gasteiger partial charge in [0.25, 0.3) is 0 Å². The van der Waals surface area contributed by atoms with E-state index < -0.39 is 77.4 Å². The number of carbonyl (C=O) groups excluding carboxylic acids is 4. The third-order valence-corrected chi connectivity index (χ3v) is 8.91. The van der Waals surface area contributed by atoms with Gasteiger partial charge in [-0.1, -0.05) is 52.5 Å². The summed E-state index contributed by atoms with van der Waals surface area (Å²) in [6, 6.07) is 0. The molecule has 2 unspecified atom stereocenters. The van der Waals surface area contributed by atoms with Crippen LogP contribution in [0.1, 0.15) is 74.1 Å². The fraction of sp³-hybridized carbons (Fsp3) is 0.677. The summed E-state index contributed by atoms with van der Waals surface area (Å²) in [6.45, 7) is 19.3. The molecule has 2 aliphatic carbocycles. The van der Waals surface area contributed by atoms with Crippen molar-refractivity contribution in [3.05, 3.63) is 36.5 Å². The molecular weight excluding hydrogens is 532 g/mol. The van der Waals surface area contributed by atoms with E-state index >= 15 is 0 Å². The Morgan fingerprint density at radius 2 is 1.71 bits per heavy atom. The summed E-state index contributed by atoms with van der Waals surface area (Å²) in [5, 5.41) is 12.2. The van der Waals surface area contributed by atoms with Gasteiger partial charge >= 0.3 is 23.9 Å². The van der Waals surface area contributed by atoms with Crippen LogP contribution in [0.2, 0.25) is 0 Å². The van der Waals surface area contributed by atoms with Crippen molar-refractivity contribution >= 4 is 23.9 Å². The molecule has 0 bridgehead atoms. The smallest absolute Gasteiger partial charge is 0.306 e. The number of aliphatic hydroxyl groups excluding tert-OH is 1. The van der Waals surface area contributed by atoms with Gasteiger partial charge in [0.2, 0.25) is 12.6 Å². The third kappa shape index (κ3) is 6.28. The minimum Gasteiger partial charge on any atom is -0.459 e. The highest BCUT2D eigenvalue weighted by Crippen LogP contribution is 2.67. The van der Waals surface area contributed by atoms with Gasteiger partial charge in [-0.15, -0.1) is 0 Å². The van der Waals surface area contributed by atoms with Gasteiger partial charge in [0, 0.05) is 38.7 Å². The quantitative estimate of drug-likeness (QED) is 0.175. The molecule has 0 aromatic rings. The molecule has 0 aromatic carbocycles. The predicted octanol–water partition coefficient (Wildman–Crippen LogP) is 4.16. The van der Waals surface area contributed by atoms with E-state index in [4.69, 9.17) is 23.7 Å².